The number of anilines is 2. The molecule has 7 aromatic carbocycles. The smallest absolute Gasteiger partial charge is 0.266 e. The van der Waals surface area contributed by atoms with Crippen molar-refractivity contribution in [2.75, 3.05) is 9.80 Å². The van der Waals surface area contributed by atoms with E-state index in [1.807, 2.05) is 97.1 Å². The Morgan fingerprint density at radius 2 is 0.939 bits per heavy atom. The highest BCUT2D eigenvalue weighted by Crippen LogP contribution is 2.49. The van der Waals surface area contributed by atoms with Crippen LogP contribution in [-0.4, -0.2) is 23.6 Å². The standard InChI is InChI=1S/C42H21BrN2O4/c43-31-19-30-36-29(41(48)45(42(30)49)33-12-4-8-21-6-2-10-23(21)33)17-14-25-24-13-16-27-35-28(18-15-26(34(24)35)37(31)38(25)36)40(47)44(39(27)46)32-11-3-7-20-5-1-9-22(20)32/h1-4,7-19H,5-6H2. The predicted octanol–water partition coefficient (Wildman–Crippen LogP) is 9.24. The van der Waals surface area contributed by atoms with Gasteiger partial charge in [-0.15, -0.1) is 0 Å². The summed E-state index contributed by atoms with van der Waals surface area (Å²) >= 11 is 3.82. The number of hydrogen-bond acceptors (Lipinski definition) is 4. The van der Waals surface area contributed by atoms with Crippen LogP contribution < -0.4 is 9.80 Å². The van der Waals surface area contributed by atoms with E-state index in [4.69, 9.17) is 0 Å². The number of rotatable bonds is 2. The van der Waals surface area contributed by atoms with Crippen LogP contribution in [0, 0.1) is 0 Å². The molecule has 0 fully saturated rings. The van der Waals surface area contributed by atoms with Crippen LogP contribution in [-0.2, 0) is 12.8 Å². The Morgan fingerprint density at radius 3 is 1.49 bits per heavy atom. The minimum Gasteiger partial charge on any atom is -0.268 e. The van der Waals surface area contributed by atoms with Crippen LogP contribution in [0.3, 0.4) is 0 Å². The average molecular weight is 698 g/mol. The van der Waals surface area contributed by atoms with E-state index in [2.05, 4.69) is 15.9 Å². The van der Waals surface area contributed by atoms with Gasteiger partial charge in [-0.2, -0.15) is 0 Å². The third-order valence-corrected chi connectivity index (χ3v) is 11.4. The van der Waals surface area contributed by atoms with Crippen LogP contribution in [0.1, 0.15) is 63.7 Å². The number of halogens is 1. The highest BCUT2D eigenvalue weighted by atomic mass is 79.9. The minimum absolute atomic E-state index is 0.358. The third-order valence-electron chi connectivity index (χ3n) is 10.8. The van der Waals surface area contributed by atoms with Gasteiger partial charge in [0.05, 0.1) is 16.9 Å². The van der Waals surface area contributed by atoms with Gasteiger partial charge in [-0.25, -0.2) is 9.80 Å². The fourth-order valence-corrected chi connectivity index (χ4v) is 9.33. The van der Waals surface area contributed by atoms with E-state index in [-0.39, 0.29) is 23.6 Å². The molecule has 0 unspecified atom stereocenters. The molecular formula is C42H21BrN2O4. The van der Waals surface area contributed by atoms with E-state index >= 15 is 0 Å². The Kier molecular flexibility index (Phi) is 5.06. The van der Waals surface area contributed by atoms with Gasteiger partial charge in [-0.1, -0.05) is 82.7 Å². The van der Waals surface area contributed by atoms with Crippen molar-refractivity contribution >= 4 is 106 Å². The zero-order chi connectivity index (χ0) is 32.9. The first kappa shape index (κ1) is 27.1. The summed E-state index contributed by atoms with van der Waals surface area (Å²) in [5.74, 6) is -1.45. The molecule has 0 saturated carbocycles. The van der Waals surface area contributed by atoms with E-state index in [1.165, 1.54) is 9.80 Å². The fourth-order valence-electron chi connectivity index (χ4n) is 8.69. The molecule has 49 heavy (non-hydrogen) atoms. The molecule has 7 aromatic rings. The van der Waals surface area contributed by atoms with E-state index in [0.29, 0.717) is 48.9 Å². The average Bonchev–Trinajstić information content (AvgIpc) is 3.80. The zero-order valence-electron chi connectivity index (χ0n) is 25.6. The Bertz CT molecular complexity index is 2860. The number of amides is 4. The fraction of sp³-hybridized carbons (Fsp3) is 0.0476. The Morgan fingerprint density at radius 1 is 0.469 bits per heavy atom. The van der Waals surface area contributed by atoms with E-state index in [1.54, 1.807) is 6.07 Å². The van der Waals surface area contributed by atoms with Crippen LogP contribution in [0.25, 0.3) is 55.2 Å². The van der Waals surface area contributed by atoms with E-state index < -0.39 is 0 Å². The molecule has 2 aliphatic heterocycles. The molecule has 0 spiro atoms. The highest BCUT2D eigenvalue weighted by Gasteiger charge is 2.39. The van der Waals surface area contributed by atoms with Crippen LogP contribution in [0.5, 0.6) is 0 Å². The van der Waals surface area contributed by atoms with Gasteiger partial charge in [0.2, 0.25) is 0 Å². The maximum atomic E-state index is 14.3. The Hall–Kier alpha value is -5.92. The number of fused-ring (bicyclic) bond motifs is 4. The molecule has 0 aromatic heterocycles. The Labute approximate surface area is 287 Å². The van der Waals surface area contributed by atoms with Crippen LogP contribution in [0.15, 0.2) is 95.5 Å². The highest BCUT2D eigenvalue weighted by molar-refractivity contribution is 9.10. The monoisotopic (exact) mass is 696 g/mol. The second kappa shape index (κ2) is 9.15. The van der Waals surface area contributed by atoms with E-state index in [0.717, 1.165) is 67.4 Å². The molecule has 0 bridgehead atoms. The van der Waals surface area contributed by atoms with Crippen molar-refractivity contribution in [1.29, 1.82) is 0 Å². The molecule has 4 amide bonds. The Balaban J connectivity index is 1.17. The first-order chi connectivity index (χ1) is 23.9. The van der Waals surface area contributed by atoms with Gasteiger partial charge in [-0.05, 0) is 81.9 Å². The van der Waals surface area contributed by atoms with Crippen molar-refractivity contribution in [1.82, 2.24) is 0 Å². The van der Waals surface area contributed by atoms with Gasteiger partial charge < -0.3 is 0 Å². The maximum Gasteiger partial charge on any atom is 0.266 e. The normalized spacial score (nSPS) is 16.0. The van der Waals surface area contributed by atoms with Crippen LogP contribution in [0.2, 0.25) is 0 Å². The summed E-state index contributed by atoms with van der Waals surface area (Å²) in [7, 11) is 0. The zero-order valence-corrected chi connectivity index (χ0v) is 27.2. The number of carbonyl (C=O) groups excluding carboxylic acids is 4. The first-order valence-corrected chi connectivity index (χ1v) is 17.0. The SMILES string of the molecule is O=C1c2ccc3c4ccc5c6c(cc(Br)c(c7ccc(c2c37)C(=O)N1c1cccc2c1C=CC2)c64)C(=O)N(c1cccc2c1C=CC2)C5=O. The maximum absolute atomic E-state index is 14.3. The molecule has 2 heterocycles. The van der Waals surface area contributed by atoms with Gasteiger partial charge in [0.15, 0.2) is 0 Å². The third kappa shape index (κ3) is 3.21. The summed E-state index contributed by atoms with van der Waals surface area (Å²) in [5, 5.41) is 6.23. The number of hydrogen-bond donors (Lipinski definition) is 0. The van der Waals surface area contributed by atoms with Crippen molar-refractivity contribution < 1.29 is 19.2 Å². The molecule has 230 valence electrons. The number of nitrogens with zero attached hydrogens (tertiary/aromatic N) is 2. The molecule has 2 aliphatic carbocycles. The molecule has 0 radical (unpaired) electrons. The topological polar surface area (TPSA) is 74.8 Å². The van der Waals surface area contributed by atoms with Gasteiger partial charge in [0.25, 0.3) is 23.6 Å². The molecule has 6 nitrogen and oxygen atoms in total. The first-order valence-electron chi connectivity index (χ1n) is 16.2. The molecule has 0 atom stereocenters. The lowest BCUT2D eigenvalue weighted by Gasteiger charge is -2.31. The summed E-state index contributed by atoms with van der Waals surface area (Å²) in [6.07, 6.45) is 9.57. The number of allylic oxidation sites excluding steroid dienone is 2. The van der Waals surface area contributed by atoms with E-state index in [9.17, 15) is 19.2 Å². The summed E-state index contributed by atoms with van der Waals surface area (Å²) in [6.45, 7) is 0. The lowest BCUT2D eigenvalue weighted by atomic mass is 9.82. The largest absolute Gasteiger partial charge is 0.268 e. The molecule has 0 N–H and O–H groups in total. The van der Waals surface area contributed by atoms with Gasteiger partial charge in [-0.3, -0.25) is 19.2 Å². The van der Waals surface area contributed by atoms with Gasteiger partial charge in [0.1, 0.15) is 0 Å². The predicted molar refractivity (Wildman–Crippen MR) is 196 cm³/mol. The van der Waals surface area contributed by atoms with Crippen molar-refractivity contribution in [3.05, 3.63) is 140 Å². The summed E-state index contributed by atoms with van der Waals surface area (Å²) in [5.41, 5.74) is 6.96. The number of carbonyl (C=O) groups is 4. The minimum atomic E-state index is -0.370. The quantitative estimate of drug-likeness (QED) is 0.103. The molecule has 7 heteroatoms. The summed E-state index contributed by atoms with van der Waals surface area (Å²) in [4.78, 5) is 59.8. The lowest BCUT2D eigenvalue weighted by Crippen LogP contribution is -2.41. The molecule has 4 aliphatic rings. The summed E-state index contributed by atoms with van der Waals surface area (Å²) in [6, 6.07) is 24.5. The van der Waals surface area contributed by atoms with Gasteiger partial charge >= 0.3 is 0 Å². The molecular weight excluding hydrogens is 676 g/mol. The van der Waals surface area contributed by atoms with Crippen molar-refractivity contribution in [2.45, 2.75) is 12.8 Å². The molecule has 0 saturated heterocycles. The second-order valence-corrected chi connectivity index (χ2v) is 13.9. The second-order valence-electron chi connectivity index (χ2n) is 13.1. The van der Waals surface area contributed by atoms with Crippen molar-refractivity contribution in [3.8, 4) is 0 Å². The van der Waals surface area contributed by atoms with Crippen molar-refractivity contribution in [2.24, 2.45) is 0 Å². The number of imide groups is 2. The lowest BCUT2D eigenvalue weighted by molar-refractivity contribution is 0.0877. The van der Waals surface area contributed by atoms with Crippen LogP contribution in [0.4, 0.5) is 11.4 Å². The summed E-state index contributed by atoms with van der Waals surface area (Å²) < 4.78 is 0.697. The van der Waals surface area contributed by atoms with Gasteiger partial charge in [0, 0.05) is 53.8 Å². The van der Waals surface area contributed by atoms with Crippen molar-refractivity contribution in [3.63, 3.8) is 0 Å². The number of benzene rings is 7. The molecule has 11 rings (SSSR count). The van der Waals surface area contributed by atoms with Crippen LogP contribution >= 0.6 is 15.9 Å².